The summed E-state index contributed by atoms with van der Waals surface area (Å²) in [6.45, 7) is 3.96. The zero-order chi connectivity index (χ0) is 15.7. The summed E-state index contributed by atoms with van der Waals surface area (Å²) in [4.78, 5) is 11.8. The lowest BCUT2D eigenvalue weighted by atomic mass is 10.1. The maximum atomic E-state index is 11.8. The molecule has 0 heterocycles. The van der Waals surface area contributed by atoms with Crippen molar-refractivity contribution in [2.45, 2.75) is 39.2 Å². The van der Waals surface area contributed by atoms with Gasteiger partial charge in [0, 0.05) is 31.2 Å². The van der Waals surface area contributed by atoms with Crippen molar-refractivity contribution in [3.63, 3.8) is 0 Å². The van der Waals surface area contributed by atoms with E-state index in [0.717, 1.165) is 16.8 Å². The lowest BCUT2D eigenvalue weighted by Crippen LogP contribution is -2.15. The summed E-state index contributed by atoms with van der Waals surface area (Å²) in [5.74, 6) is 5.88. The van der Waals surface area contributed by atoms with Gasteiger partial charge in [-0.15, -0.1) is 0 Å². The van der Waals surface area contributed by atoms with E-state index in [-0.39, 0.29) is 18.6 Å². The summed E-state index contributed by atoms with van der Waals surface area (Å²) in [6.07, 6.45) is 1.69. The van der Waals surface area contributed by atoms with E-state index in [1.165, 1.54) is 0 Å². The van der Waals surface area contributed by atoms with E-state index in [1.807, 2.05) is 32.0 Å². The molecule has 1 aromatic rings. The van der Waals surface area contributed by atoms with Crippen molar-refractivity contribution in [2.24, 2.45) is 0 Å². The predicted molar refractivity (Wildman–Crippen MR) is 84.1 cm³/mol. The molecule has 0 saturated carbocycles. The van der Waals surface area contributed by atoms with Gasteiger partial charge in [-0.2, -0.15) is 0 Å². The third-order valence-corrected chi connectivity index (χ3v) is 3.15. The number of methoxy groups -OCH3 is 1. The van der Waals surface area contributed by atoms with Gasteiger partial charge >= 0.3 is 0 Å². The monoisotopic (exact) mass is 289 g/mol. The first-order valence-corrected chi connectivity index (χ1v) is 7.10. The molecule has 21 heavy (non-hydrogen) atoms. The average Bonchev–Trinajstić information content (AvgIpc) is 2.47. The Hall–Kier alpha value is -1.83. The minimum atomic E-state index is -0.0163. The zero-order valence-corrected chi connectivity index (χ0v) is 12.9. The smallest absolute Gasteiger partial charge is 0.224 e. The molecule has 1 rings (SSSR count). The number of benzene rings is 1. The molecule has 2 N–H and O–H groups in total. The van der Waals surface area contributed by atoms with E-state index in [4.69, 9.17) is 9.84 Å². The number of aliphatic hydroxyl groups is 1. The molecular weight excluding hydrogens is 266 g/mol. The Bertz CT molecular complexity index is 529. The van der Waals surface area contributed by atoms with Crippen molar-refractivity contribution < 1.29 is 14.6 Å². The van der Waals surface area contributed by atoms with Gasteiger partial charge in [0.2, 0.25) is 5.91 Å². The lowest BCUT2D eigenvalue weighted by molar-refractivity contribution is -0.116. The summed E-state index contributed by atoms with van der Waals surface area (Å²) in [5, 5.41) is 11.6. The standard InChI is InChI=1S/C17H23NO3/c1-13-12-16(9-8-15(13)6-4-5-11-19)18-17(20)10-7-14(2)21-3/h8-9,12,14,19H,5,7,10-11H2,1-3H3,(H,18,20). The first kappa shape index (κ1) is 17.2. The van der Waals surface area contributed by atoms with E-state index in [0.29, 0.717) is 19.3 Å². The Labute approximate surface area is 126 Å². The number of ether oxygens (including phenoxy) is 1. The van der Waals surface area contributed by atoms with Crippen molar-refractivity contribution in [2.75, 3.05) is 19.0 Å². The normalized spacial score (nSPS) is 11.4. The van der Waals surface area contributed by atoms with Crippen molar-refractivity contribution in [3.8, 4) is 11.8 Å². The number of nitrogens with one attached hydrogen (secondary N) is 1. The van der Waals surface area contributed by atoms with Crippen LogP contribution in [0.4, 0.5) is 5.69 Å². The molecule has 0 saturated heterocycles. The van der Waals surface area contributed by atoms with Gasteiger partial charge in [-0.05, 0) is 44.0 Å². The highest BCUT2D eigenvalue weighted by Crippen LogP contribution is 2.15. The summed E-state index contributed by atoms with van der Waals surface area (Å²) in [6, 6.07) is 5.63. The maximum Gasteiger partial charge on any atom is 0.224 e. The Morgan fingerprint density at radius 1 is 1.48 bits per heavy atom. The third-order valence-electron chi connectivity index (χ3n) is 3.15. The van der Waals surface area contributed by atoms with Crippen LogP contribution in [0.3, 0.4) is 0 Å². The fraction of sp³-hybridized carbons (Fsp3) is 0.471. The van der Waals surface area contributed by atoms with E-state index >= 15 is 0 Å². The van der Waals surface area contributed by atoms with Crippen LogP contribution in [-0.2, 0) is 9.53 Å². The molecule has 0 aliphatic heterocycles. The molecule has 1 amide bonds. The second kappa shape index (κ2) is 9.17. The molecular formula is C17H23NO3. The number of aliphatic hydroxyl groups excluding tert-OH is 1. The summed E-state index contributed by atoms with van der Waals surface area (Å²) >= 11 is 0. The average molecular weight is 289 g/mol. The third kappa shape index (κ3) is 6.44. The molecule has 0 radical (unpaired) electrons. The van der Waals surface area contributed by atoms with Crippen LogP contribution in [0.25, 0.3) is 0 Å². The number of aryl methyl sites for hydroxylation is 1. The number of carbonyl (C=O) groups excluding carboxylic acids is 1. The summed E-state index contributed by atoms with van der Waals surface area (Å²) in [5.41, 5.74) is 2.69. The maximum absolute atomic E-state index is 11.8. The fourth-order valence-corrected chi connectivity index (χ4v) is 1.77. The predicted octanol–water partition coefficient (Wildman–Crippen LogP) is 2.48. The molecule has 0 aromatic heterocycles. The van der Waals surface area contributed by atoms with Gasteiger partial charge in [0.05, 0.1) is 12.7 Å². The molecule has 1 unspecified atom stereocenters. The molecule has 0 aliphatic carbocycles. The van der Waals surface area contributed by atoms with Crippen LogP contribution in [0, 0.1) is 18.8 Å². The highest BCUT2D eigenvalue weighted by Gasteiger charge is 2.07. The quantitative estimate of drug-likeness (QED) is 0.791. The Kier molecular flexibility index (Phi) is 7.52. The number of rotatable bonds is 6. The minimum Gasteiger partial charge on any atom is -0.395 e. The van der Waals surface area contributed by atoms with Crippen LogP contribution in [-0.4, -0.2) is 30.8 Å². The second-order valence-electron chi connectivity index (χ2n) is 4.94. The van der Waals surface area contributed by atoms with E-state index in [2.05, 4.69) is 17.2 Å². The van der Waals surface area contributed by atoms with Crippen LogP contribution in [0.1, 0.15) is 37.3 Å². The van der Waals surface area contributed by atoms with Gasteiger partial charge in [-0.1, -0.05) is 11.8 Å². The topological polar surface area (TPSA) is 58.6 Å². The molecule has 0 aliphatic rings. The van der Waals surface area contributed by atoms with Crippen molar-refractivity contribution in [1.82, 2.24) is 0 Å². The van der Waals surface area contributed by atoms with E-state index in [9.17, 15) is 4.79 Å². The SMILES string of the molecule is COC(C)CCC(=O)Nc1ccc(C#CCCO)c(C)c1. The molecule has 1 aromatic carbocycles. The molecule has 0 bridgehead atoms. The van der Waals surface area contributed by atoms with Crippen LogP contribution in [0.15, 0.2) is 18.2 Å². The molecule has 1 atom stereocenters. The molecule has 4 heteroatoms. The minimum absolute atomic E-state index is 0.0163. The molecule has 0 spiro atoms. The lowest BCUT2D eigenvalue weighted by Gasteiger charge is -2.10. The highest BCUT2D eigenvalue weighted by atomic mass is 16.5. The number of hydrogen-bond acceptors (Lipinski definition) is 3. The largest absolute Gasteiger partial charge is 0.395 e. The van der Waals surface area contributed by atoms with Crippen molar-refractivity contribution >= 4 is 11.6 Å². The number of hydrogen-bond donors (Lipinski definition) is 2. The van der Waals surface area contributed by atoms with Crippen LogP contribution >= 0.6 is 0 Å². The van der Waals surface area contributed by atoms with E-state index < -0.39 is 0 Å². The Morgan fingerprint density at radius 2 is 2.24 bits per heavy atom. The van der Waals surface area contributed by atoms with Gasteiger partial charge in [0.15, 0.2) is 0 Å². The Morgan fingerprint density at radius 3 is 2.86 bits per heavy atom. The molecule has 4 nitrogen and oxygen atoms in total. The van der Waals surface area contributed by atoms with Crippen molar-refractivity contribution in [3.05, 3.63) is 29.3 Å². The van der Waals surface area contributed by atoms with Crippen LogP contribution in [0.2, 0.25) is 0 Å². The van der Waals surface area contributed by atoms with Crippen LogP contribution in [0.5, 0.6) is 0 Å². The second-order valence-corrected chi connectivity index (χ2v) is 4.94. The fourth-order valence-electron chi connectivity index (χ4n) is 1.77. The highest BCUT2D eigenvalue weighted by molar-refractivity contribution is 5.90. The first-order chi connectivity index (χ1) is 10.1. The van der Waals surface area contributed by atoms with Crippen molar-refractivity contribution in [1.29, 1.82) is 0 Å². The zero-order valence-electron chi connectivity index (χ0n) is 12.9. The first-order valence-electron chi connectivity index (χ1n) is 7.10. The number of amides is 1. The summed E-state index contributed by atoms with van der Waals surface area (Å²) < 4.78 is 5.12. The van der Waals surface area contributed by atoms with Gasteiger partial charge in [0.1, 0.15) is 0 Å². The molecule has 114 valence electrons. The Balaban J connectivity index is 2.59. The summed E-state index contributed by atoms with van der Waals surface area (Å²) in [7, 11) is 1.64. The van der Waals surface area contributed by atoms with E-state index in [1.54, 1.807) is 7.11 Å². The van der Waals surface area contributed by atoms with Gasteiger partial charge < -0.3 is 15.2 Å². The molecule has 0 fully saturated rings. The van der Waals surface area contributed by atoms with Gasteiger partial charge in [-0.3, -0.25) is 4.79 Å². The van der Waals surface area contributed by atoms with Gasteiger partial charge in [0.25, 0.3) is 0 Å². The van der Waals surface area contributed by atoms with Crippen LogP contribution < -0.4 is 5.32 Å². The number of carbonyl (C=O) groups is 1. The number of anilines is 1. The van der Waals surface area contributed by atoms with Gasteiger partial charge in [-0.25, -0.2) is 0 Å².